The van der Waals surface area contributed by atoms with Crippen molar-refractivity contribution < 1.29 is 5.11 Å². The van der Waals surface area contributed by atoms with E-state index < -0.39 is 0 Å². The molecule has 1 aromatic rings. The van der Waals surface area contributed by atoms with Gasteiger partial charge in [-0.2, -0.15) is 4.98 Å². The van der Waals surface area contributed by atoms with Crippen molar-refractivity contribution in [3.63, 3.8) is 0 Å². The Hall–Kier alpha value is -1.44. The van der Waals surface area contributed by atoms with Crippen LogP contribution in [0.3, 0.4) is 0 Å². The second-order valence-electron chi connectivity index (χ2n) is 8.30. The number of rotatable bonds is 2. The van der Waals surface area contributed by atoms with Gasteiger partial charge in [-0.25, -0.2) is 4.98 Å². The van der Waals surface area contributed by atoms with E-state index >= 15 is 0 Å². The second-order valence-corrected chi connectivity index (χ2v) is 8.30. The Balaban J connectivity index is 1.42. The Morgan fingerprint density at radius 2 is 1.73 bits per heavy atom. The van der Waals surface area contributed by atoms with Crippen LogP contribution in [0.15, 0.2) is 12.3 Å². The van der Waals surface area contributed by atoms with E-state index in [0.717, 1.165) is 83.3 Å². The van der Waals surface area contributed by atoms with Gasteiger partial charge in [0.1, 0.15) is 5.82 Å². The molecule has 1 aromatic heterocycles. The molecule has 0 atom stereocenters. The van der Waals surface area contributed by atoms with E-state index in [2.05, 4.69) is 38.7 Å². The molecule has 1 spiro atoms. The molecule has 144 valence electrons. The van der Waals surface area contributed by atoms with Crippen LogP contribution in [0.4, 0.5) is 11.8 Å². The lowest BCUT2D eigenvalue weighted by Gasteiger charge is -2.52. The normalized spacial score (nSPS) is 25.8. The highest BCUT2D eigenvalue weighted by Gasteiger charge is 2.41. The minimum absolute atomic E-state index is 0.156. The lowest BCUT2D eigenvalue weighted by atomic mass is 9.84. The molecule has 4 heterocycles. The number of aromatic nitrogens is 2. The zero-order chi connectivity index (χ0) is 18.1. The Labute approximate surface area is 156 Å². The van der Waals surface area contributed by atoms with Crippen LogP contribution in [-0.2, 0) is 0 Å². The molecule has 0 radical (unpaired) electrons. The van der Waals surface area contributed by atoms with E-state index in [9.17, 15) is 5.11 Å². The monoisotopic (exact) mass is 360 g/mol. The van der Waals surface area contributed by atoms with Crippen molar-refractivity contribution in [3.8, 4) is 0 Å². The maximum atomic E-state index is 9.72. The summed E-state index contributed by atoms with van der Waals surface area (Å²) in [6.45, 7) is 7.26. The van der Waals surface area contributed by atoms with Crippen LogP contribution < -0.4 is 9.80 Å². The lowest BCUT2D eigenvalue weighted by Crippen LogP contribution is -2.63. The highest BCUT2D eigenvalue weighted by Crippen LogP contribution is 2.32. The average molecular weight is 361 g/mol. The smallest absolute Gasteiger partial charge is 0.227 e. The van der Waals surface area contributed by atoms with Gasteiger partial charge in [0, 0.05) is 57.5 Å². The van der Waals surface area contributed by atoms with E-state index in [0.29, 0.717) is 5.54 Å². The number of piperazine rings is 1. The zero-order valence-electron chi connectivity index (χ0n) is 16.1. The number of piperidine rings is 2. The highest BCUT2D eigenvalue weighted by molar-refractivity contribution is 5.44. The minimum atomic E-state index is -0.156. The van der Waals surface area contributed by atoms with E-state index in [4.69, 9.17) is 4.98 Å². The van der Waals surface area contributed by atoms with Crippen molar-refractivity contribution in [2.45, 2.75) is 37.3 Å². The van der Waals surface area contributed by atoms with Gasteiger partial charge in [0.05, 0.1) is 6.10 Å². The third kappa shape index (κ3) is 3.52. The molecule has 0 bridgehead atoms. The van der Waals surface area contributed by atoms with E-state index in [1.54, 1.807) is 0 Å². The molecule has 0 unspecified atom stereocenters. The van der Waals surface area contributed by atoms with Gasteiger partial charge in [-0.1, -0.05) is 0 Å². The summed E-state index contributed by atoms with van der Waals surface area (Å²) in [5, 5.41) is 9.72. The number of aliphatic hydroxyl groups is 1. The van der Waals surface area contributed by atoms with Gasteiger partial charge in [-0.05, 0) is 45.8 Å². The van der Waals surface area contributed by atoms with Gasteiger partial charge in [0.25, 0.3) is 0 Å². The average Bonchev–Trinajstić information content (AvgIpc) is 2.66. The van der Waals surface area contributed by atoms with Crippen LogP contribution in [0.25, 0.3) is 0 Å². The number of anilines is 2. The molecule has 3 saturated heterocycles. The van der Waals surface area contributed by atoms with Gasteiger partial charge in [-0.15, -0.1) is 0 Å². The predicted molar refractivity (Wildman–Crippen MR) is 104 cm³/mol. The first kappa shape index (κ1) is 17.9. The first-order chi connectivity index (χ1) is 12.6. The van der Waals surface area contributed by atoms with E-state index in [1.807, 2.05) is 12.3 Å². The lowest BCUT2D eigenvalue weighted by molar-refractivity contribution is 0.00928. The third-order valence-corrected chi connectivity index (χ3v) is 6.58. The molecular weight excluding hydrogens is 328 g/mol. The topological polar surface area (TPSA) is 59.0 Å². The zero-order valence-corrected chi connectivity index (χ0v) is 16.1. The molecule has 3 aliphatic rings. The number of hydrogen-bond acceptors (Lipinski definition) is 7. The Kier molecular flexibility index (Phi) is 5.03. The van der Waals surface area contributed by atoms with Crippen LogP contribution in [0.1, 0.15) is 25.7 Å². The van der Waals surface area contributed by atoms with Crippen molar-refractivity contribution in [1.29, 1.82) is 0 Å². The van der Waals surface area contributed by atoms with Gasteiger partial charge >= 0.3 is 0 Å². The standard InChI is InChI=1S/C19H32N6O/c1-22-13-14-23(2)19(15-22)6-11-25(12-7-19)18-20-8-3-17(21-18)24-9-4-16(26)5-10-24/h3,8,16,26H,4-7,9-15H2,1-2H3. The Bertz CT molecular complexity index is 610. The van der Waals surface area contributed by atoms with E-state index in [-0.39, 0.29) is 6.10 Å². The molecule has 4 rings (SSSR count). The second kappa shape index (κ2) is 7.29. The molecule has 3 aliphatic heterocycles. The predicted octanol–water partition coefficient (Wildman–Crippen LogP) is 0.654. The summed E-state index contributed by atoms with van der Waals surface area (Å²) in [6, 6.07) is 2.00. The minimum Gasteiger partial charge on any atom is -0.393 e. The molecule has 7 nitrogen and oxygen atoms in total. The largest absolute Gasteiger partial charge is 0.393 e. The van der Waals surface area contributed by atoms with Crippen molar-refractivity contribution in [2.75, 3.05) is 69.7 Å². The van der Waals surface area contributed by atoms with Crippen LogP contribution in [-0.4, -0.2) is 96.4 Å². The summed E-state index contributed by atoms with van der Waals surface area (Å²) < 4.78 is 0. The van der Waals surface area contributed by atoms with Crippen molar-refractivity contribution >= 4 is 11.8 Å². The van der Waals surface area contributed by atoms with Crippen LogP contribution in [0.2, 0.25) is 0 Å². The summed E-state index contributed by atoms with van der Waals surface area (Å²) in [4.78, 5) is 19.1. The molecule has 26 heavy (non-hydrogen) atoms. The maximum Gasteiger partial charge on any atom is 0.227 e. The van der Waals surface area contributed by atoms with Gasteiger partial charge in [-0.3, -0.25) is 4.90 Å². The molecule has 0 aliphatic carbocycles. The summed E-state index contributed by atoms with van der Waals surface area (Å²) in [7, 11) is 4.52. The summed E-state index contributed by atoms with van der Waals surface area (Å²) >= 11 is 0. The molecular formula is C19H32N6O. The van der Waals surface area contributed by atoms with Gasteiger partial charge in [0.2, 0.25) is 5.95 Å². The molecule has 1 N–H and O–H groups in total. The highest BCUT2D eigenvalue weighted by atomic mass is 16.3. The van der Waals surface area contributed by atoms with Gasteiger partial charge in [0.15, 0.2) is 0 Å². The Morgan fingerprint density at radius 1 is 1.00 bits per heavy atom. The molecule has 0 amide bonds. The number of aliphatic hydroxyl groups excluding tert-OH is 1. The maximum absolute atomic E-state index is 9.72. The molecule has 0 aromatic carbocycles. The van der Waals surface area contributed by atoms with Crippen molar-refractivity contribution in [1.82, 2.24) is 19.8 Å². The van der Waals surface area contributed by atoms with Crippen molar-refractivity contribution in [2.24, 2.45) is 0 Å². The van der Waals surface area contributed by atoms with Gasteiger partial charge < -0.3 is 19.8 Å². The number of nitrogens with zero attached hydrogens (tertiary/aromatic N) is 6. The quantitative estimate of drug-likeness (QED) is 0.831. The summed E-state index contributed by atoms with van der Waals surface area (Å²) in [5.41, 5.74) is 0.310. The SMILES string of the molecule is CN1CCN(C)C2(CCN(c3nccc(N4CCC(O)CC4)n3)CC2)C1. The number of hydrogen-bond donors (Lipinski definition) is 1. The third-order valence-electron chi connectivity index (χ3n) is 6.58. The molecule has 0 saturated carbocycles. The number of likely N-dealkylation sites (N-methyl/N-ethyl adjacent to an activating group) is 2. The Morgan fingerprint density at radius 3 is 2.46 bits per heavy atom. The summed E-state index contributed by atoms with van der Waals surface area (Å²) in [5.74, 6) is 1.85. The summed E-state index contributed by atoms with van der Waals surface area (Å²) in [6.07, 6.45) is 5.70. The molecule has 7 heteroatoms. The molecule has 3 fully saturated rings. The van der Waals surface area contributed by atoms with Crippen molar-refractivity contribution in [3.05, 3.63) is 12.3 Å². The fraction of sp³-hybridized carbons (Fsp3) is 0.789. The first-order valence-corrected chi connectivity index (χ1v) is 9.97. The fourth-order valence-corrected chi connectivity index (χ4v) is 4.69. The van der Waals surface area contributed by atoms with Crippen LogP contribution >= 0.6 is 0 Å². The first-order valence-electron chi connectivity index (χ1n) is 9.97. The van der Waals surface area contributed by atoms with E-state index in [1.165, 1.54) is 0 Å². The fourth-order valence-electron chi connectivity index (χ4n) is 4.69. The van der Waals surface area contributed by atoms with Crippen LogP contribution in [0, 0.1) is 0 Å². The van der Waals surface area contributed by atoms with Crippen LogP contribution in [0.5, 0.6) is 0 Å².